The van der Waals surface area contributed by atoms with Gasteiger partial charge in [0.15, 0.2) is 6.10 Å². The highest BCUT2D eigenvalue weighted by atomic mass is 16.5. The van der Waals surface area contributed by atoms with Crippen LogP contribution in [0.2, 0.25) is 0 Å². The molecule has 1 amide bonds. The highest BCUT2D eigenvalue weighted by Crippen LogP contribution is 2.25. The third kappa shape index (κ3) is 5.35. The van der Waals surface area contributed by atoms with Gasteiger partial charge in [-0.3, -0.25) is 4.79 Å². The number of ether oxygens (including phenoxy) is 1. The van der Waals surface area contributed by atoms with E-state index in [1.165, 1.54) is 5.56 Å². The van der Waals surface area contributed by atoms with E-state index in [0.717, 1.165) is 22.6 Å². The largest absolute Gasteiger partial charge is 0.481 e. The Hall–Kier alpha value is -2.29. The van der Waals surface area contributed by atoms with E-state index in [4.69, 9.17) is 4.74 Å². The summed E-state index contributed by atoms with van der Waals surface area (Å²) < 4.78 is 5.91. The Bertz CT molecular complexity index is 706. The van der Waals surface area contributed by atoms with Gasteiger partial charge in [0.1, 0.15) is 5.75 Å². The summed E-state index contributed by atoms with van der Waals surface area (Å²) in [5.74, 6) is 0.600. The number of carbonyl (C=O) groups excluding carboxylic acids is 1. The van der Waals surface area contributed by atoms with Gasteiger partial charge >= 0.3 is 0 Å². The number of amides is 1. The van der Waals surface area contributed by atoms with Crippen molar-refractivity contribution in [1.82, 2.24) is 0 Å². The molecule has 134 valence electrons. The molecular weight excluding hydrogens is 310 g/mol. The van der Waals surface area contributed by atoms with Crippen molar-refractivity contribution in [2.45, 2.75) is 59.5 Å². The highest BCUT2D eigenvalue weighted by Gasteiger charge is 2.19. The standard InChI is InChI=1S/C22H29NO2/c1-7-20(21(24)23-18-13-15(2)12-16(3)14-18)25-19-10-8-17(9-11-19)22(4,5)6/h8-14,20H,7H2,1-6H3,(H,23,24). The second kappa shape index (κ2) is 7.73. The average Bonchev–Trinajstić information content (AvgIpc) is 2.51. The Morgan fingerprint density at radius 3 is 2.08 bits per heavy atom. The molecular formula is C22H29NO2. The molecule has 1 atom stereocenters. The summed E-state index contributed by atoms with van der Waals surface area (Å²) in [5, 5.41) is 2.97. The van der Waals surface area contributed by atoms with Crippen LogP contribution in [0.3, 0.4) is 0 Å². The molecule has 1 unspecified atom stereocenters. The third-order valence-corrected chi connectivity index (χ3v) is 4.15. The lowest BCUT2D eigenvalue weighted by molar-refractivity contribution is -0.122. The first-order valence-corrected chi connectivity index (χ1v) is 8.85. The van der Waals surface area contributed by atoms with Crippen LogP contribution < -0.4 is 10.1 Å². The number of hydrogen-bond acceptors (Lipinski definition) is 2. The zero-order valence-electron chi connectivity index (χ0n) is 16.1. The molecule has 0 saturated carbocycles. The van der Waals surface area contributed by atoms with Gasteiger partial charge in [0.25, 0.3) is 5.91 Å². The number of anilines is 1. The molecule has 3 heteroatoms. The monoisotopic (exact) mass is 339 g/mol. The predicted molar refractivity (Wildman–Crippen MR) is 104 cm³/mol. The lowest BCUT2D eigenvalue weighted by Gasteiger charge is -2.21. The molecule has 0 aliphatic carbocycles. The van der Waals surface area contributed by atoms with Crippen molar-refractivity contribution in [2.75, 3.05) is 5.32 Å². The maximum atomic E-state index is 12.6. The molecule has 2 rings (SSSR count). The molecule has 0 aliphatic rings. The molecule has 0 aromatic heterocycles. The number of carbonyl (C=O) groups is 1. The van der Waals surface area contributed by atoms with Gasteiger partial charge in [0.05, 0.1) is 0 Å². The van der Waals surface area contributed by atoms with Crippen LogP contribution in [0.4, 0.5) is 5.69 Å². The number of benzene rings is 2. The van der Waals surface area contributed by atoms with Gasteiger partial charge in [-0.25, -0.2) is 0 Å². The minimum atomic E-state index is -0.513. The second-order valence-corrected chi connectivity index (χ2v) is 7.65. The van der Waals surface area contributed by atoms with Gasteiger partial charge in [-0.15, -0.1) is 0 Å². The lowest BCUT2D eigenvalue weighted by atomic mass is 9.87. The van der Waals surface area contributed by atoms with E-state index in [2.05, 4.69) is 44.3 Å². The fourth-order valence-electron chi connectivity index (χ4n) is 2.79. The van der Waals surface area contributed by atoms with Crippen molar-refractivity contribution in [3.8, 4) is 5.75 Å². The number of nitrogens with one attached hydrogen (secondary N) is 1. The van der Waals surface area contributed by atoms with E-state index in [9.17, 15) is 4.79 Å². The van der Waals surface area contributed by atoms with Crippen LogP contribution in [0, 0.1) is 13.8 Å². The van der Waals surface area contributed by atoms with E-state index in [-0.39, 0.29) is 11.3 Å². The van der Waals surface area contributed by atoms with Crippen LogP contribution in [-0.4, -0.2) is 12.0 Å². The van der Waals surface area contributed by atoms with E-state index in [1.807, 2.05) is 45.0 Å². The zero-order valence-corrected chi connectivity index (χ0v) is 16.1. The molecule has 2 aromatic carbocycles. The van der Waals surface area contributed by atoms with E-state index in [0.29, 0.717) is 6.42 Å². The topological polar surface area (TPSA) is 38.3 Å². The van der Waals surface area contributed by atoms with Crippen molar-refractivity contribution in [1.29, 1.82) is 0 Å². The minimum Gasteiger partial charge on any atom is -0.481 e. The van der Waals surface area contributed by atoms with Crippen molar-refractivity contribution in [2.24, 2.45) is 0 Å². The third-order valence-electron chi connectivity index (χ3n) is 4.15. The van der Waals surface area contributed by atoms with E-state index in [1.54, 1.807) is 0 Å². The van der Waals surface area contributed by atoms with E-state index < -0.39 is 6.10 Å². The molecule has 0 spiro atoms. The maximum Gasteiger partial charge on any atom is 0.265 e. The lowest BCUT2D eigenvalue weighted by Crippen LogP contribution is -2.32. The first-order chi connectivity index (χ1) is 11.7. The second-order valence-electron chi connectivity index (χ2n) is 7.65. The Kier molecular flexibility index (Phi) is 5.89. The van der Waals surface area contributed by atoms with E-state index >= 15 is 0 Å². The molecule has 3 nitrogen and oxygen atoms in total. The fourth-order valence-corrected chi connectivity index (χ4v) is 2.79. The molecule has 2 aromatic rings. The first-order valence-electron chi connectivity index (χ1n) is 8.85. The molecule has 0 heterocycles. The number of hydrogen-bond donors (Lipinski definition) is 1. The summed E-state index contributed by atoms with van der Waals surface area (Å²) in [4.78, 5) is 12.6. The van der Waals surface area contributed by atoms with Gasteiger partial charge in [0.2, 0.25) is 0 Å². The van der Waals surface area contributed by atoms with Gasteiger partial charge in [-0.05, 0) is 66.6 Å². The molecule has 0 radical (unpaired) electrons. The van der Waals surface area contributed by atoms with Crippen molar-refractivity contribution in [3.05, 3.63) is 59.2 Å². The van der Waals surface area contributed by atoms with Crippen LogP contribution >= 0.6 is 0 Å². The Labute approximate surface area is 151 Å². The van der Waals surface area contributed by atoms with Crippen LogP contribution in [0.15, 0.2) is 42.5 Å². The normalized spacial score (nSPS) is 12.6. The summed E-state index contributed by atoms with van der Waals surface area (Å²) in [6.45, 7) is 12.5. The Morgan fingerprint density at radius 2 is 1.60 bits per heavy atom. The summed E-state index contributed by atoms with van der Waals surface area (Å²) >= 11 is 0. The van der Waals surface area contributed by atoms with Gasteiger partial charge < -0.3 is 10.1 Å². The number of rotatable bonds is 5. The molecule has 0 saturated heterocycles. The average molecular weight is 339 g/mol. The zero-order chi connectivity index (χ0) is 18.6. The van der Waals surface area contributed by atoms with Gasteiger partial charge in [0, 0.05) is 5.69 Å². The molecule has 25 heavy (non-hydrogen) atoms. The first kappa shape index (κ1) is 19.0. The SMILES string of the molecule is CCC(Oc1ccc(C(C)(C)C)cc1)C(=O)Nc1cc(C)cc(C)c1. The smallest absolute Gasteiger partial charge is 0.265 e. The van der Waals surface area contributed by atoms with Gasteiger partial charge in [-0.2, -0.15) is 0 Å². The molecule has 0 fully saturated rings. The highest BCUT2D eigenvalue weighted by molar-refractivity contribution is 5.94. The fraction of sp³-hybridized carbons (Fsp3) is 0.409. The summed E-state index contributed by atoms with van der Waals surface area (Å²) in [6, 6.07) is 14.0. The Morgan fingerprint density at radius 1 is 1.04 bits per heavy atom. The van der Waals surface area contributed by atoms with Crippen LogP contribution in [0.5, 0.6) is 5.75 Å². The van der Waals surface area contributed by atoms with Crippen molar-refractivity contribution >= 4 is 11.6 Å². The summed E-state index contributed by atoms with van der Waals surface area (Å²) in [5.41, 5.74) is 4.41. The quantitative estimate of drug-likeness (QED) is 0.792. The number of aryl methyl sites for hydroxylation is 2. The summed E-state index contributed by atoms with van der Waals surface area (Å²) in [7, 11) is 0. The van der Waals surface area contributed by atoms with Crippen molar-refractivity contribution < 1.29 is 9.53 Å². The minimum absolute atomic E-state index is 0.100. The van der Waals surface area contributed by atoms with Crippen molar-refractivity contribution in [3.63, 3.8) is 0 Å². The predicted octanol–water partition coefficient (Wildman–Crippen LogP) is 5.40. The molecule has 0 aliphatic heterocycles. The maximum absolute atomic E-state index is 12.6. The van der Waals surface area contributed by atoms with Crippen LogP contribution in [0.25, 0.3) is 0 Å². The molecule has 0 bridgehead atoms. The van der Waals surface area contributed by atoms with Crippen LogP contribution in [-0.2, 0) is 10.2 Å². The van der Waals surface area contributed by atoms with Gasteiger partial charge in [-0.1, -0.05) is 45.9 Å². The Balaban J connectivity index is 2.07. The van der Waals surface area contributed by atoms with Crippen LogP contribution in [0.1, 0.15) is 50.8 Å². The summed E-state index contributed by atoms with van der Waals surface area (Å²) in [6.07, 6.45) is 0.0961. The molecule has 1 N–H and O–H groups in total.